The second kappa shape index (κ2) is 66.8. The Balaban J connectivity index is -0.000000232. The molecule has 0 nitrogen and oxygen atoms in total. The van der Waals surface area contributed by atoms with E-state index >= 15 is 0 Å². The number of hydrogen-bond donors (Lipinski definition) is 0. The minimum absolute atomic E-state index is 0. The zero-order valence-corrected chi connectivity index (χ0v) is 44.2. The number of rotatable bonds is 42. The van der Waals surface area contributed by atoms with E-state index in [-0.39, 0.29) is 21.7 Å². The first-order valence-electron chi connectivity index (χ1n) is 26.8. The molecular weight excluding hydrogens is 732 g/mol. The van der Waals surface area contributed by atoms with E-state index in [0.29, 0.717) is 0 Å². The molecule has 0 bridgehead atoms. The minimum Gasteiger partial charge on any atom is -0.343 e. The second-order valence-electron chi connectivity index (χ2n) is 19.4. The molecule has 0 fully saturated rings. The van der Waals surface area contributed by atoms with Crippen molar-refractivity contribution in [1.82, 2.24) is 0 Å². The van der Waals surface area contributed by atoms with Crippen molar-refractivity contribution >= 4 is 0 Å². The maximum absolute atomic E-state index is 3.88. The molecule has 0 aliphatic heterocycles. The Kier molecular flexibility index (Phi) is 78.1. The average Bonchev–Trinajstić information content (AvgIpc) is 3.17. The van der Waals surface area contributed by atoms with Crippen molar-refractivity contribution in [3.63, 3.8) is 0 Å². The molecule has 0 saturated carbocycles. The predicted octanol–water partition coefficient (Wildman–Crippen LogP) is 22.0. The topological polar surface area (TPSA) is 0 Å². The molecule has 58 heavy (non-hydrogen) atoms. The molecule has 0 N–H and O–H groups in total. The van der Waals surface area contributed by atoms with Gasteiger partial charge in [-0.15, -0.1) is 0 Å². The van der Waals surface area contributed by atoms with Crippen LogP contribution in [0.25, 0.3) is 0 Å². The zero-order chi connectivity index (χ0) is 43.1. The Labute approximate surface area is 389 Å². The molecule has 0 radical (unpaired) electrons. The van der Waals surface area contributed by atoms with Crippen LogP contribution in [0.2, 0.25) is 0 Å². The smallest absolute Gasteiger partial charge is 0.343 e. The summed E-state index contributed by atoms with van der Waals surface area (Å²) in [7, 11) is 0. The standard InChI is InChI=1S/3C18H37.C3H7.Ti/c3*1-4-5-6-7-8-9-10-11-12-13-14-15-16-17-18(2)3;1-3-2;/h3*18H,1,4-17H2,2-3H3;3H,1-2H3;/q4*-1;+4. The van der Waals surface area contributed by atoms with E-state index in [1.54, 1.807) is 0 Å². The van der Waals surface area contributed by atoms with Crippen LogP contribution in [-0.2, 0) is 21.7 Å². The molecule has 0 aromatic carbocycles. The van der Waals surface area contributed by atoms with Gasteiger partial charge in [-0.2, -0.15) is 33.1 Å². The summed E-state index contributed by atoms with van der Waals surface area (Å²) >= 11 is 0. The fourth-order valence-corrected chi connectivity index (χ4v) is 7.49. The third-order valence-electron chi connectivity index (χ3n) is 11.3. The Bertz CT molecular complexity index is 513. The van der Waals surface area contributed by atoms with Crippen molar-refractivity contribution < 1.29 is 21.7 Å². The quantitative estimate of drug-likeness (QED) is 0.0326. The zero-order valence-electron chi connectivity index (χ0n) is 42.6. The van der Waals surface area contributed by atoms with Crippen LogP contribution in [0.1, 0.15) is 325 Å². The fourth-order valence-electron chi connectivity index (χ4n) is 7.49. The SMILES string of the molecule is C[CH-]C.[CH2-]CCCCCCCCCCCCCCC(C)C.[CH2-]CCCCCCCCCCCCCCC(C)C.[CH2-]CCCCCCCCCCCCCCC(C)C.[Ti+4]. The van der Waals surface area contributed by atoms with Crippen LogP contribution in [0.15, 0.2) is 0 Å². The normalized spacial score (nSPS) is 10.9. The predicted molar refractivity (Wildman–Crippen MR) is 270 cm³/mol. The first kappa shape index (κ1) is 67.8. The second-order valence-corrected chi connectivity index (χ2v) is 19.4. The maximum atomic E-state index is 3.88. The van der Waals surface area contributed by atoms with Gasteiger partial charge in [0.1, 0.15) is 0 Å². The molecule has 0 rings (SSSR count). The van der Waals surface area contributed by atoms with E-state index < -0.39 is 0 Å². The largest absolute Gasteiger partial charge is 4.00 e. The number of hydrogen-bond acceptors (Lipinski definition) is 0. The molecule has 1 heteroatoms. The summed E-state index contributed by atoms with van der Waals surface area (Å²) in [4.78, 5) is 0. The van der Waals surface area contributed by atoms with Gasteiger partial charge in [-0.25, -0.2) is 0 Å². The van der Waals surface area contributed by atoms with Gasteiger partial charge in [0.05, 0.1) is 0 Å². The maximum Gasteiger partial charge on any atom is 4.00 e. The van der Waals surface area contributed by atoms with Crippen molar-refractivity contribution in [2.24, 2.45) is 17.8 Å². The van der Waals surface area contributed by atoms with Crippen molar-refractivity contribution in [3.8, 4) is 0 Å². The molecule has 0 atom stereocenters. The van der Waals surface area contributed by atoms with Crippen LogP contribution in [0.4, 0.5) is 0 Å². The van der Waals surface area contributed by atoms with E-state index in [0.717, 1.165) is 37.0 Å². The van der Waals surface area contributed by atoms with Crippen LogP contribution in [0.5, 0.6) is 0 Å². The average molecular weight is 851 g/mol. The monoisotopic (exact) mass is 851 g/mol. The van der Waals surface area contributed by atoms with E-state index in [2.05, 4.69) is 62.3 Å². The molecule has 0 spiro atoms. The van der Waals surface area contributed by atoms with E-state index in [1.165, 1.54) is 250 Å². The Morgan fingerprint density at radius 2 is 0.345 bits per heavy atom. The molecule has 0 aliphatic carbocycles. The minimum atomic E-state index is 0. The van der Waals surface area contributed by atoms with E-state index in [4.69, 9.17) is 0 Å². The van der Waals surface area contributed by atoms with Crippen molar-refractivity contribution in [1.29, 1.82) is 0 Å². The Morgan fingerprint density at radius 3 is 0.448 bits per heavy atom. The fraction of sp³-hybridized carbons (Fsp3) is 0.930. The molecule has 0 amide bonds. The van der Waals surface area contributed by atoms with Gasteiger partial charge in [-0.1, -0.05) is 292 Å². The van der Waals surface area contributed by atoms with Crippen molar-refractivity contribution in [2.45, 2.75) is 325 Å². The molecule has 350 valence electrons. The van der Waals surface area contributed by atoms with Crippen molar-refractivity contribution in [3.05, 3.63) is 27.2 Å². The first-order chi connectivity index (χ1) is 27.7. The van der Waals surface area contributed by atoms with Gasteiger partial charge in [0.15, 0.2) is 0 Å². The molecular formula is C57H118Ti. The Morgan fingerprint density at radius 1 is 0.241 bits per heavy atom. The molecule has 0 aliphatic rings. The van der Waals surface area contributed by atoms with Crippen LogP contribution in [0, 0.1) is 44.9 Å². The summed E-state index contributed by atoms with van der Waals surface area (Å²) in [6.07, 6.45) is 61.7. The van der Waals surface area contributed by atoms with Gasteiger partial charge < -0.3 is 27.2 Å². The van der Waals surface area contributed by atoms with Gasteiger partial charge >= 0.3 is 21.7 Å². The van der Waals surface area contributed by atoms with E-state index in [9.17, 15) is 0 Å². The first-order valence-corrected chi connectivity index (χ1v) is 26.8. The molecule has 0 heterocycles. The molecule has 0 saturated heterocycles. The third-order valence-corrected chi connectivity index (χ3v) is 11.3. The van der Waals surface area contributed by atoms with E-state index in [1.807, 2.05) is 20.3 Å². The van der Waals surface area contributed by atoms with Crippen molar-refractivity contribution in [2.75, 3.05) is 0 Å². The van der Waals surface area contributed by atoms with Crippen LogP contribution in [0.3, 0.4) is 0 Å². The van der Waals surface area contributed by atoms with Crippen LogP contribution >= 0.6 is 0 Å². The molecule has 0 aromatic heterocycles. The van der Waals surface area contributed by atoms with Crippen LogP contribution in [-0.4, -0.2) is 0 Å². The molecule has 0 unspecified atom stereocenters. The van der Waals surface area contributed by atoms with Gasteiger partial charge in [-0.3, -0.25) is 0 Å². The summed E-state index contributed by atoms with van der Waals surface area (Å²) in [6.45, 7) is 29.6. The summed E-state index contributed by atoms with van der Waals surface area (Å²) in [5.41, 5.74) is 0. The Hall–Kier alpha value is 0.714. The number of unbranched alkanes of at least 4 members (excludes halogenated alkanes) is 36. The van der Waals surface area contributed by atoms with Gasteiger partial charge in [0.2, 0.25) is 0 Å². The summed E-state index contributed by atoms with van der Waals surface area (Å²) in [5, 5.41) is 0. The third kappa shape index (κ3) is 84.2. The van der Waals surface area contributed by atoms with Gasteiger partial charge in [0, 0.05) is 0 Å². The van der Waals surface area contributed by atoms with Gasteiger partial charge in [0.25, 0.3) is 0 Å². The van der Waals surface area contributed by atoms with Crippen LogP contribution < -0.4 is 0 Å². The summed E-state index contributed by atoms with van der Waals surface area (Å²) in [5.74, 6) is 2.69. The summed E-state index contributed by atoms with van der Waals surface area (Å²) < 4.78 is 0. The summed E-state index contributed by atoms with van der Waals surface area (Å²) in [6, 6.07) is 0. The van der Waals surface area contributed by atoms with Gasteiger partial charge in [-0.05, 0) is 17.8 Å². The molecule has 0 aromatic rings.